The van der Waals surface area contributed by atoms with Crippen LogP contribution in [0.5, 0.6) is 0 Å². The number of fused-ring (bicyclic) bond motifs is 3. The minimum atomic E-state index is -0.701. The van der Waals surface area contributed by atoms with Crippen molar-refractivity contribution >= 4 is 11.8 Å². The second kappa shape index (κ2) is 7.69. The highest BCUT2D eigenvalue weighted by Gasteiger charge is 2.34. The van der Waals surface area contributed by atoms with Crippen molar-refractivity contribution in [3.05, 3.63) is 95.6 Å². The molecule has 0 saturated carbocycles. The van der Waals surface area contributed by atoms with Crippen LogP contribution in [0, 0.1) is 0 Å². The monoisotopic (exact) mass is 370 g/mol. The number of hydrogen-bond donors (Lipinski definition) is 2. The second-order valence-electron chi connectivity index (χ2n) is 7.10. The Labute approximate surface area is 164 Å². The number of nitrogens with two attached hydrogens (primary N) is 1. The van der Waals surface area contributed by atoms with Gasteiger partial charge in [0.15, 0.2) is 0 Å². The molecule has 4 nitrogen and oxygen atoms in total. The fourth-order valence-electron chi connectivity index (χ4n) is 3.93. The molecule has 0 aromatic heterocycles. The van der Waals surface area contributed by atoms with Gasteiger partial charge >= 0.3 is 0 Å². The molecule has 3 aromatic carbocycles. The fraction of sp³-hybridized carbons (Fsp3) is 0.167. The Morgan fingerprint density at radius 3 is 1.93 bits per heavy atom. The van der Waals surface area contributed by atoms with Gasteiger partial charge in [-0.1, -0.05) is 78.9 Å². The molecule has 1 atom stereocenters. The van der Waals surface area contributed by atoms with Gasteiger partial charge in [-0.25, -0.2) is 0 Å². The Balaban J connectivity index is 1.55. The Hall–Kier alpha value is -3.40. The quantitative estimate of drug-likeness (QED) is 0.698. The van der Waals surface area contributed by atoms with E-state index < -0.39 is 17.9 Å². The van der Waals surface area contributed by atoms with Crippen molar-refractivity contribution in [3.8, 4) is 11.1 Å². The molecule has 4 rings (SSSR count). The first-order valence-electron chi connectivity index (χ1n) is 9.47. The van der Waals surface area contributed by atoms with Crippen molar-refractivity contribution in [1.29, 1.82) is 0 Å². The summed E-state index contributed by atoms with van der Waals surface area (Å²) in [5, 5.41) is 2.90. The number of amides is 2. The van der Waals surface area contributed by atoms with E-state index in [1.54, 1.807) is 0 Å². The third kappa shape index (κ3) is 3.41. The van der Waals surface area contributed by atoms with E-state index in [0.29, 0.717) is 12.8 Å². The summed E-state index contributed by atoms with van der Waals surface area (Å²) in [6, 6.07) is 25.0. The Kier molecular flexibility index (Phi) is 4.94. The molecule has 3 aromatic rings. The van der Waals surface area contributed by atoms with Crippen LogP contribution in [0.25, 0.3) is 11.1 Å². The van der Waals surface area contributed by atoms with Gasteiger partial charge in [0.05, 0.1) is 5.92 Å². The first kappa shape index (κ1) is 18.0. The van der Waals surface area contributed by atoms with Crippen LogP contribution in [0.2, 0.25) is 0 Å². The topological polar surface area (TPSA) is 72.2 Å². The average molecular weight is 370 g/mol. The highest BCUT2D eigenvalue weighted by molar-refractivity contribution is 5.98. The van der Waals surface area contributed by atoms with E-state index >= 15 is 0 Å². The van der Waals surface area contributed by atoms with E-state index in [-0.39, 0.29) is 5.91 Å². The zero-order chi connectivity index (χ0) is 19.5. The number of carbonyl (C=O) groups excluding carboxylic acids is 2. The molecule has 0 saturated heterocycles. The summed E-state index contributed by atoms with van der Waals surface area (Å²) in [7, 11) is 0. The van der Waals surface area contributed by atoms with Crippen molar-refractivity contribution in [2.75, 3.05) is 0 Å². The number of aryl methyl sites for hydroxylation is 1. The molecule has 0 spiro atoms. The van der Waals surface area contributed by atoms with E-state index in [4.69, 9.17) is 5.73 Å². The van der Waals surface area contributed by atoms with Gasteiger partial charge < -0.3 is 11.1 Å². The molecule has 140 valence electrons. The molecule has 1 aliphatic rings. The largest absolute Gasteiger partial charge is 0.368 e. The van der Waals surface area contributed by atoms with E-state index in [9.17, 15) is 9.59 Å². The van der Waals surface area contributed by atoms with Crippen LogP contribution in [-0.2, 0) is 16.0 Å². The second-order valence-corrected chi connectivity index (χ2v) is 7.10. The summed E-state index contributed by atoms with van der Waals surface area (Å²) in [6.07, 6.45) is 1.15. The number of primary amides is 1. The van der Waals surface area contributed by atoms with Crippen LogP contribution in [-0.4, -0.2) is 17.9 Å². The van der Waals surface area contributed by atoms with Crippen molar-refractivity contribution in [2.24, 2.45) is 5.73 Å². The molecule has 3 N–H and O–H groups in total. The third-order valence-corrected chi connectivity index (χ3v) is 5.32. The lowest BCUT2D eigenvalue weighted by Crippen LogP contribution is -2.46. The SMILES string of the molecule is NC(=O)[C@H](CCc1ccccc1)NC(=O)C1c2ccccc2-c2ccccc21. The van der Waals surface area contributed by atoms with E-state index in [1.165, 1.54) is 0 Å². The molecule has 0 radical (unpaired) electrons. The first-order valence-corrected chi connectivity index (χ1v) is 9.47. The van der Waals surface area contributed by atoms with Gasteiger partial charge in [0, 0.05) is 0 Å². The number of benzene rings is 3. The van der Waals surface area contributed by atoms with Crippen LogP contribution in [0.1, 0.15) is 29.0 Å². The molecule has 4 heteroatoms. The Morgan fingerprint density at radius 1 is 0.821 bits per heavy atom. The Morgan fingerprint density at radius 2 is 1.36 bits per heavy atom. The number of nitrogens with one attached hydrogen (secondary N) is 1. The molecule has 2 amide bonds. The summed E-state index contributed by atoms with van der Waals surface area (Å²) < 4.78 is 0. The molecular formula is C24H22N2O2. The van der Waals surface area contributed by atoms with Gasteiger partial charge in [-0.2, -0.15) is 0 Å². The number of rotatable bonds is 6. The summed E-state index contributed by atoms with van der Waals surface area (Å²) in [6.45, 7) is 0. The maximum absolute atomic E-state index is 13.2. The molecule has 1 aliphatic carbocycles. The van der Waals surface area contributed by atoms with Gasteiger partial charge in [0.25, 0.3) is 0 Å². The molecule has 0 unspecified atom stereocenters. The lowest BCUT2D eigenvalue weighted by molar-refractivity contribution is -0.127. The lowest BCUT2D eigenvalue weighted by atomic mass is 9.95. The minimum absolute atomic E-state index is 0.186. The highest BCUT2D eigenvalue weighted by atomic mass is 16.2. The predicted octanol–water partition coefficient (Wildman–Crippen LogP) is 3.40. The fourth-order valence-corrected chi connectivity index (χ4v) is 3.93. The predicted molar refractivity (Wildman–Crippen MR) is 110 cm³/mol. The summed E-state index contributed by atoms with van der Waals surface area (Å²) >= 11 is 0. The summed E-state index contributed by atoms with van der Waals surface area (Å²) in [5.74, 6) is -1.12. The summed E-state index contributed by atoms with van der Waals surface area (Å²) in [4.78, 5) is 25.1. The molecule has 0 fully saturated rings. The van der Waals surface area contributed by atoms with Gasteiger partial charge in [-0.05, 0) is 40.7 Å². The molecule has 0 heterocycles. The average Bonchev–Trinajstić information content (AvgIpc) is 3.06. The van der Waals surface area contributed by atoms with E-state index in [1.807, 2.05) is 78.9 Å². The molecule has 0 bridgehead atoms. The molecule has 0 aliphatic heterocycles. The normalized spacial score (nSPS) is 13.4. The third-order valence-electron chi connectivity index (χ3n) is 5.32. The van der Waals surface area contributed by atoms with Gasteiger partial charge in [-0.15, -0.1) is 0 Å². The maximum atomic E-state index is 13.2. The van der Waals surface area contributed by atoms with Crippen molar-refractivity contribution < 1.29 is 9.59 Å². The lowest BCUT2D eigenvalue weighted by Gasteiger charge is -2.19. The molecule has 28 heavy (non-hydrogen) atoms. The van der Waals surface area contributed by atoms with Crippen molar-refractivity contribution in [2.45, 2.75) is 24.8 Å². The zero-order valence-corrected chi connectivity index (χ0v) is 15.5. The number of hydrogen-bond acceptors (Lipinski definition) is 2. The standard InChI is InChI=1S/C24H22N2O2/c25-23(27)21(15-14-16-8-2-1-3-9-16)26-24(28)22-19-12-6-4-10-17(19)18-11-5-7-13-20(18)22/h1-13,21-22H,14-15H2,(H2,25,27)(H,26,28)/t21-/m0/s1. The van der Waals surface area contributed by atoms with Crippen molar-refractivity contribution in [3.63, 3.8) is 0 Å². The van der Waals surface area contributed by atoms with Gasteiger partial charge in [-0.3, -0.25) is 9.59 Å². The smallest absolute Gasteiger partial charge is 0.240 e. The van der Waals surface area contributed by atoms with Crippen LogP contribution in [0.15, 0.2) is 78.9 Å². The maximum Gasteiger partial charge on any atom is 0.240 e. The van der Waals surface area contributed by atoms with Crippen LogP contribution in [0.4, 0.5) is 0 Å². The summed E-state index contributed by atoms with van der Waals surface area (Å²) in [5.41, 5.74) is 10.8. The van der Waals surface area contributed by atoms with Gasteiger partial charge in [0.2, 0.25) is 11.8 Å². The van der Waals surface area contributed by atoms with Crippen LogP contribution < -0.4 is 11.1 Å². The van der Waals surface area contributed by atoms with Crippen LogP contribution >= 0.6 is 0 Å². The van der Waals surface area contributed by atoms with E-state index in [2.05, 4.69) is 5.32 Å². The minimum Gasteiger partial charge on any atom is -0.368 e. The van der Waals surface area contributed by atoms with Crippen molar-refractivity contribution in [1.82, 2.24) is 5.32 Å². The van der Waals surface area contributed by atoms with Crippen LogP contribution in [0.3, 0.4) is 0 Å². The zero-order valence-electron chi connectivity index (χ0n) is 15.5. The molecular weight excluding hydrogens is 348 g/mol. The van der Waals surface area contributed by atoms with E-state index in [0.717, 1.165) is 27.8 Å². The number of carbonyl (C=O) groups is 2. The highest BCUT2D eigenvalue weighted by Crippen LogP contribution is 2.44. The van der Waals surface area contributed by atoms with Gasteiger partial charge in [0.1, 0.15) is 6.04 Å². The Bertz CT molecular complexity index is 968. The first-order chi connectivity index (χ1) is 13.6.